The monoisotopic (exact) mass is 158 g/mol. The smallest absolute Gasteiger partial charge is 0.161 e. The van der Waals surface area contributed by atoms with Crippen molar-refractivity contribution in [3.8, 4) is 0 Å². The quantitative estimate of drug-likeness (QED) is 0.613. The zero-order chi connectivity index (χ0) is 8.91. The van der Waals surface area contributed by atoms with E-state index in [4.69, 9.17) is 4.74 Å². The van der Waals surface area contributed by atoms with E-state index in [1.807, 2.05) is 20.8 Å². The van der Waals surface area contributed by atoms with E-state index in [-0.39, 0.29) is 5.78 Å². The second-order valence-electron chi connectivity index (χ2n) is 2.69. The lowest BCUT2D eigenvalue weighted by atomic mass is 9.93. The van der Waals surface area contributed by atoms with Crippen molar-refractivity contribution in [1.29, 1.82) is 0 Å². The summed E-state index contributed by atoms with van der Waals surface area (Å²) in [6.45, 7) is 8.11. The topological polar surface area (TPSA) is 26.3 Å². The lowest BCUT2D eigenvalue weighted by Gasteiger charge is -2.28. The van der Waals surface area contributed by atoms with Gasteiger partial charge in [-0.15, -0.1) is 0 Å². The van der Waals surface area contributed by atoms with Crippen LogP contribution in [0.15, 0.2) is 0 Å². The molecule has 11 heavy (non-hydrogen) atoms. The van der Waals surface area contributed by atoms with E-state index in [0.29, 0.717) is 6.61 Å². The summed E-state index contributed by atoms with van der Waals surface area (Å²) in [6, 6.07) is 0. The SMILES string of the molecule is CCOC(CC)(CC)C(C)=O. The molecule has 0 aliphatic carbocycles. The third kappa shape index (κ3) is 2.29. The molecule has 2 heteroatoms. The first-order valence-electron chi connectivity index (χ1n) is 4.28. The lowest BCUT2D eigenvalue weighted by molar-refractivity contribution is -0.143. The molecule has 0 aliphatic rings. The van der Waals surface area contributed by atoms with Gasteiger partial charge in [-0.05, 0) is 26.7 Å². The average molecular weight is 158 g/mol. The van der Waals surface area contributed by atoms with E-state index in [9.17, 15) is 4.79 Å². The van der Waals surface area contributed by atoms with Crippen LogP contribution in [-0.4, -0.2) is 18.0 Å². The minimum absolute atomic E-state index is 0.143. The van der Waals surface area contributed by atoms with Gasteiger partial charge in [0.25, 0.3) is 0 Å². The Morgan fingerprint density at radius 3 is 1.82 bits per heavy atom. The lowest BCUT2D eigenvalue weighted by Crippen LogP contribution is -2.38. The zero-order valence-electron chi connectivity index (χ0n) is 7.94. The summed E-state index contributed by atoms with van der Waals surface area (Å²) in [5.41, 5.74) is -0.505. The van der Waals surface area contributed by atoms with E-state index in [0.717, 1.165) is 12.8 Å². The standard InChI is InChI=1S/C9H18O2/c1-5-9(6-2,8(4)10)11-7-3/h5-7H2,1-4H3. The molecule has 0 bridgehead atoms. The Morgan fingerprint density at radius 2 is 1.73 bits per heavy atom. The fourth-order valence-electron chi connectivity index (χ4n) is 1.33. The summed E-state index contributed by atoms with van der Waals surface area (Å²) in [5, 5.41) is 0. The van der Waals surface area contributed by atoms with Crippen LogP contribution in [0.5, 0.6) is 0 Å². The molecule has 0 unspecified atom stereocenters. The molecule has 0 aromatic heterocycles. The van der Waals surface area contributed by atoms with Crippen molar-refractivity contribution in [2.24, 2.45) is 0 Å². The second kappa shape index (κ2) is 4.50. The molecule has 0 saturated heterocycles. The molecule has 0 saturated carbocycles. The van der Waals surface area contributed by atoms with Gasteiger partial charge in [-0.2, -0.15) is 0 Å². The minimum Gasteiger partial charge on any atom is -0.368 e. The first-order chi connectivity index (χ1) is 5.13. The number of ether oxygens (including phenoxy) is 1. The summed E-state index contributed by atoms with van der Waals surface area (Å²) >= 11 is 0. The van der Waals surface area contributed by atoms with Crippen molar-refractivity contribution in [1.82, 2.24) is 0 Å². The third-order valence-electron chi connectivity index (χ3n) is 2.20. The number of Topliss-reactive ketones (excluding diaryl/α,β-unsaturated/α-hetero) is 1. The Balaban J connectivity index is 4.32. The number of hydrogen-bond acceptors (Lipinski definition) is 2. The Labute approximate surface area is 68.9 Å². The van der Waals surface area contributed by atoms with Crippen LogP contribution in [0, 0.1) is 0 Å². The molecule has 0 spiro atoms. The van der Waals surface area contributed by atoms with E-state index in [1.54, 1.807) is 6.92 Å². The van der Waals surface area contributed by atoms with Gasteiger partial charge in [0.2, 0.25) is 0 Å². The highest BCUT2D eigenvalue weighted by Gasteiger charge is 2.31. The van der Waals surface area contributed by atoms with Crippen molar-refractivity contribution in [2.45, 2.75) is 46.1 Å². The normalized spacial score (nSPS) is 11.6. The van der Waals surface area contributed by atoms with Crippen molar-refractivity contribution in [2.75, 3.05) is 6.61 Å². The van der Waals surface area contributed by atoms with Crippen LogP contribution in [-0.2, 0) is 9.53 Å². The molecule has 66 valence electrons. The second-order valence-corrected chi connectivity index (χ2v) is 2.69. The Morgan fingerprint density at radius 1 is 1.27 bits per heavy atom. The van der Waals surface area contributed by atoms with Crippen LogP contribution in [0.25, 0.3) is 0 Å². The van der Waals surface area contributed by atoms with Gasteiger partial charge in [0.05, 0.1) is 0 Å². The van der Waals surface area contributed by atoms with E-state index in [1.165, 1.54) is 0 Å². The van der Waals surface area contributed by atoms with E-state index < -0.39 is 5.60 Å². The van der Waals surface area contributed by atoms with Gasteiger partial charge < -0.3 is 4.74 Å². The van der Waals surface area contributed by atoms with Crippen molar-refractivity contribution >= 4 is 5.78 Å². The highest BCUT2D eigenvalue weighted by atomic mass is 16.5. The first kappa shape index (κ1) is 10.6. The third-order valence-corrected chi connectivity index (χ3v) is 2.20. The fourth-order valence-corrected chi connectivity index (χ4v) is 1.33. The Hall–Kier alpha value is -0.370. The molecular formula is C9H18O2. The van der Waals surface area contributed by atoms with Gasteiger partial charge in [0.1, 0.15) is 5.60 Å². The van der Waals surface area contributed by atoms with Crippen molar-refractivity contribution in [3.05, 3.63) is 0 Å². The summed E-state index contributed by atoms with van der Waals surface area (Å²) in [6.07, 6.45) is 1.54. The molecule has 0 aromatic rings. The highest BCUT2D eigenvalue weighted by molar-refractivity contribution is 5.84. The van der Waals surface area contributed by atoms with Gasteiger partial charge in [-0.25, -0.2) is 0 Å². The van der Waals surface area contributed by atoms with Crippen LogP contribution in [0.3, 0.4) is 0 Å². The van der Waals surface area contributed by atoms with Gasteiger partial charge in [0, 0.05) is 6.61 Å². The predicted octanol–water partition coefficient (Wildman–Crippen LogP) is 2.17. The van der Waals surface area contributed by atoms with Gasteiger partial charge in [0.15, 0.2) is 5.78 Å². The number of rotatable bonds is 5. The van der Waals surface area contributed by atoms with Crippen LogP contribution in [0.1, 0.15) is 40.5 Å². The summed E-state index contributed by atoms with van der Waals surface area (Å²) in [4.78, 5) is 11.2. The zero-order valence-corrected chi connectivity index (χ0v) is 7.94. The molecule has 0 aliphatic heterocycles. The van der Waals surface area contributed by atoms with Gasteiger partial charge in [-0.3, -0.25) is 4.79 Å². The maximum absolute atomic E-state index is 11.2. The molecule has 0 N–H and O–H groups in total. The van der Waals surface area contributed by atoms with Crippen LogP contribution in [0.4, 0.5) is 0 Å². The number of hydrogen-bond donors (Lipinski definition) is 0. The molecule has 0 fully saturated rings. The van der Waals surface area contributed by atoms with Crippen molar-refractivity contribution < 1.29 is 9.53 Å². The van der Waals surface area contributed by atoms with Gasteiger partial charge >= 0.3 is 0 Å². The van der Waals surface area contributed by atoms with Crippen molar-refractivity contribution in [3.63, 3.8) is 0 Å². The largest absolute Gasteiger partial charge is 0.368 e. The summed E-state index contributed by atoms with van der Waals surface area (Å²) in [7, 11) is 0. The van der Waals surface area contributed by atoms with E-state index in [2.05, 4.69) is 0 Å². The first-order valence-corrected chi connectivity index (χ1v) is 4.28. The Bertz CT molecular complexity index is 126. The molecule has 0 atom stereocenters. The number of carbonyl (C=O) groups is 1. The Kier molecular flexibility index (Phi) is 4.34. The number of ketones is 1. The molecule has 0 aromatic carbocycles. The maximum Gasteiger partial charge on any atom is 0.161 e. The van der Waals surface area contributed by atoms with Crippen LogP contribution in [0.2, 0.25) is 0 Å². The summed E-state index contributed by atoms with van der Waals surface area (Å²) in [5.74, 6) is 0.143. The number of carbonyl (C=O) groups excluding carboxylic acids is 1. The minimum atomic E-state index is -0.505. The van der Waals surface area contributed by atoms with E-state index >= 15 is 0 Å². The van der Waals surface area contributed by atoms with Crippen LogP contribution >= 0.6 is 0 Å². The molecule has 0 heterocycles. The predicted molar refractivity (Wildman–Crippen MR) is 45.6 cm³/mol. The maximum atomic E-state index is 11.2. The molecule has 2 nitrogen and oxygen atoms in total. The molecule has 0 radical (unpaired) electrons. The summed E-state index contributed by atoms with van der Waals surface area (Å²) < 4.78 is 5.44. The highest BCUT2D eigenvalue weighted by Crippen LogP contribution is 2.21. The van der Waals surface area contributed by atoms with Crippen LogP contribution < -0.4 is 0 Å². The fraction of sp³-hybridized carbons (Fsp3) is 0.889. The molecule has 0 rings (SSSR count). The molecule has 0 amide bonds. The average Bonchev–Trinajstić information content (AvgIpc) is 2.00. The van der Waals surface area contributed by atoms with Gasteiger partial charge in [-0.1, -0.05) is 13.8 Å². The molecular weight excluding hydrogens is 140 g/mol.